The molecule has 2 aliphatic rings. The van der Waals surface area contributed by atoms with E-state index in [0.717, 1.165) is 39.3 Å². The number of aliphatic hydroxyl groups is 1. The highest BCUT2D eigenvalue weighted by Crippen LogP contribution is 2.38. The lowest BCUT2D eigenvalue weighted by Crippen LogP contribution is -2.49. The lowest BCUT2D eigenvalue weighted by Gasteiger charge is -2.39. The largest absolute Gasteiger partial charge is 0.396 e. The summed E-state index contributed by atoms with van der Waals surface area (Å²) in [7, 11) is 0. The quantitative estimate of drug-likeness (QED) is 0.901. The molecule has 1 aliphatic carbocycles. The molecular weight excluding hydrogens is 260 g/mol. The Morgan fingerprint density at radius 2 is 1.52 bits per heavy atom. The van der Waals surface area contributed by atoms with Crippen LogP contribution in [0.3, 0.4) is 0 Å². The van der Waals surface area contributed by atoms with Crippen molar-refractivity contribution in [2.75, 3.05) is 39.3 Å². The summed E-state index contributed by atoms with van der Waals surface area (Å²) in [6, 6.07) is 10.8. The molecular formula is C18H28N2O. The second-order valence-electron chi connectivity index (χ2n) is 6.90. The summed E-state index contributed by atoms with van der Waals surface area (Å²) in [5.41, 5.74) is 1.62. The maximum Gasteiger partial charge on any atom is 0.0499 e. The minimum Gasteiger partial charge on any atom is -0.396 e. The van der Waals surface area contributed by atoms with Crippen LogP contribution >= 0.6 is 0 Å². The Bertz CT molecular complexity index is 420. The van der Waals surface area contributed by atoms with Crippen LogP contribution < -0.4 is 0 Å². The van der Waals surface area contributed by atoms with Crippen molar-refractivity contribution in [1.29, 1.82) is 0 Å². The van der Waals surface area contributed by atoms with Gasteiger partial charge in [0, 0.05) is 51.3 Å². The average Bonchev–Trinajstić information content (AvgIpc) is 2.99. The van der Waals surface area contributed by atoms with Crippen LogP contribution in [0.25, 0.3) is 0 Å². The van der Waals surface area contributed by atoms with Crippen LogP contribution in [0.2, 0.25) is 0 Å². The van der Waals surface area contributed by atoms with E-state index in [4.69, 9.17) is 0 Å². The van der Waals surface area contributed by atoms with Crippen molar-refractivity contribution in [3.8, 4) is 0 Å². The Morgan fingerprint density at radius 1 is 0.905 bits per heavy atom. The Balaban J connectivity index is 1.47. The van der Waals surface area contributed by atoms with Crippen LogP contribution in [0, 0.1) is 5.41 Å². The van der Waals surface area contributed by atoms with Crippen LogP contribution in [0.5, 0.6) is 0 Å². The fraction of sp³-hybridized carbons (Fsp3) is 0.667. The monoisotopic (exact) mass is 288 g/mol. The Hall–Kier alpha value is -0.900. The third-order valence-corrected chi connectivity index (χ3v) is 5.27. The van der Waals surface area contributed by atoms with Gasteiger partial charge in [-0.2, -0.15) is 0 Å². The van der Waals surface area contributed by atoms with E-state index in [1.54, 1.807) is 0 Å². The maximum absolute atomic E-state index is 9.76. The van der Waals surface area contributed by atoms with Crippen molar-refractivity contribution < 1.29 is 5.11 Å². The van der Waals surface area contributed by atoms with Gasteiger partial charge in [0.25, 0.3) is 0 Å². The molecule has 0 bridgehead atoms. The summed E-state index contributed by atoms with van der Waals surface area (Å²) in [5, 5.41) is 9.76. The first-order valence-electron chi connectivity index (χ1n) is 8.39. The minimum atomic E-state index is 0.210. The predicted molar refractivity (Wildman–Crippen MR) is 86.1 cm³/mol. The average molecular weight is 288 g/mol. The van der Waals surface area contributed by atoms with Gasteiger partial charge in [0.05, 0.1) is 0 Å². The van der Waals surface area contributed by atoms with Gasteiger partial charge in [-0.05, 0) is 18.4 Å². The SMILES string of the molecule is OCC1(CN2CCN(Cc3ccccc3)CC2)CCCC1. The third-order valence-electron chi connectivity index (χ3n) is 5.27. The molecule has 0 amide bonds. The maximum atomic E-state index is 9.76. The van der Waals surface area contributed by atoms with Gasteiger partial charge >= 0.3 is 0 Å². The van der Waals surface area contributed by atoms with Crippen molar-refractivity contribution >= 4 is 0 Å². The number of nitrogens with zero attached hydrogens (tertiary/aromatic N) is 2. The van der Waals surface area contributed by atoms with Gasteiger partial charge in [-0.25, -0.2) is 0 Å². The second kappa shape index (κ2) is 6.91. The zero-order chi connectivity index (χ0) is 14.5. The number of hydrogen-bond acceptors (Lipinski definition) is 3. The van der Waals surface area contributed by atoms with Crippen LogP contribution in [0.15, 0.2) is 30.3 Å². The van der Waals surface area contributed by atoms with Crippen LogP contribution in [-0.4, -0.2) is 54.2 Å². The summed E-state index contributed by atoms with van der Waals surface area (Å²) in [6.45, 7) is 7.13. The smallest absolute Gasteiger partial charge is 0.0499 e. The lowest BCUT2D eigenvalue weighted by molar-refractivity contribution is 0.0479. The van der Waals surface area contributed by atoms with Gasteiger partial charge in [-0.1, -0.05) is 43.2 Å². The summed E-state index contributed by atoms with van der Waals surface area (Å²) >= 11 is 0. The Morgan fingerprint density at radius 3 is 2.14 bits per heavy atom. The molecule has 21 heavy (non-hydrogen) atoms. The highest BCUT2D eigenvalue weighted by Gasteiger charge is 2.35. The Kier molecular flexibility index (Phi) is 4.94. The third kappa shape index (κ3) is 3.85. The fourth-order valence-electron chi connectivity index (χ4n) is 3.91. The molecule has 1 saturated heterocycles. The van der Waals surface area contributed by atoms with Crippen molar-refractivity contribution in [3.63, 3.8) is 0 Å². The zero-order valence-electron chi connectivity index (χ0n) is 13.0. The molecule has 3 heteroatoms. The van der Waals surface area contributed by atoms with E-state index in [1.165, 1.54) is 31.2 Å². The molecule has 116 valence electrons. The van der Waals surface area contributed by atoms with Crippen LogP contribution in [0.1, 0.15) is 31.2 Å². The van der Waals surface area contributed by atoms with Gasteiger partial charge < -0.3 is 10.0 Å². The fourth-order valence-corrected chi connectivity index (χ4v) is 3.91. The van der Waals surface area contributed by atoms with Crippen LogP contribution in [0.4, 0.5) is 0 Å². The van der Waals surface area contributed by atoms with Crippen molar-refractivity contribution in [1.82, 2.24) is 9.80 Å². The summed E-state index contributed by atoms with van der Waals surface area (Å²) < 4.78 is 0. The first kappa shape index (κ1) is 15.0. The highest BCUT2D eigenvalue weighted by molar-refractivity contribution is 5.14. The second-order valence-corrected chi connectivity index (χ2v) is 6.90. The van der Waals surface area contributed by atoms with E-state index in [1.807, 2.05) is 0 Å². The van der Waals surface area contributed by atoms with Gasteiger partial charge in [0.1, 0.15) is 0 Å². The normalized spacial score (nSPS) is 23.5. The molecule has 0 spiro atoms. The molecule has 2 fully saturated rings. The number of benzene rings is 1. The molecule has 1 aliphatic heterocycles. The molecule has 1 N–H and O–H groups in total. The van der Waals surface area contributed by atoms with Crippen molar-refractivity contribution in [2.45, 2.75) is 32.2 Å². The molecule has 1 aromatic rings. The molecule has 3 rings (SSSR count). The van der Waals surface area contributed by atoms with Gasteiger partial charge in [-0.15, -0.1) is 0 Å². The van der Waals surface area contributed by atoms with E-state index in [0.29, 0.717) is 6.61 Å². The highest BCUT2D eigenvalue weighted by atomic mass is 16.3. The molecule has 0 unspecified atom stereocenters. The number of piperazine rings is 1. The van der Waals surface area contributed by atoms with Crippen molar-refractivity contribution in [2.24, 2.45) is 5.41 Å². The zero-order valence-corrected chi connectivity index (χ0v) is 13.0. The van der Waals surface area contributed by atoms with E-state index in [9.17, 15) is 5.11 Å². The Labute approximate surface area is 128 Å². The topological polar surface area (TPSA) is 26.7 Å². The van der Waals surface area contributed by atoms with E-state index >= 15 is 0 Å². The molecule has 3 nitrogen and oxygen atoms in total. The van der Waals surface area contributed by atoms with Gasteiger partial charge in [0.15, 0.2) is 0 Å². The standard InChI is InChI=1S/C18H28N2O/c21-16-18(8-4-5-9-18)15-20-12-10-19(11-13-20)14-17-6-2-1-3-7-17/h1-3,6-7,21H,4-5,8-16H2. The lowest BCUT2D eigenvalue weighted by atomic mass is 9.86. The van der Waals surface area contributed by atoms with Crippen molar-refractivity contribution in [3.05, 3.63) is 35.9 Å². The van der Waals surface area contributed by atoms with E-state index < -0.39 is 0 Å². The number of rotatable bonds is 5. The molecule has 1 heterocycles. The predicted octanol–water partition coefficient (Wildman–Crippen LogP) is 2.36. The molecule has 0 aromatic heterocycles. The first-order chi connectivity index (χ1) is 10.3. The molecule has 1 aromatic carbocycles. The summed E-state index contributed by atoms with van der Waals surface area (Å²) in [6.07, 6.45) is 5.03. The molecule has 1 saturated carbocycles. The first-order valence-corrected chi connectivity index (χ1v) is 8.39. The van der Waals surface area contributed by atoms with Gasteiger partial charge in [-0.3, -0.25) is 4.90 Å². The number of aliphatic hydroxyl groups excluding tert-OH is 1. The minimum absolute atomic E-state index is 0.210. The van der Waals surface area contributed by atoms with Crippen LogP contribution in [-0.2, 0) is 6.54 Å². The summed E-state index contributed by atoms with van der Waals surface area (Å²) in [4.78, 5) is 5.12. The van der Waals surface area contributed by atoms with Gasteiger partial charge in [0.2, 0.25) is 0 Å². The summed E-state index contributed by atoms with van der Waals surface area (Å²) in [5.74, 6) is 0. The van der Waals surface area contributed by atoms with E-state index in [2.05, 4.69) is 40.1 Å². The molecule has 0 atom stereocenters. The number of hydrogen-bond donors (Lipinski definition) is 1. The van der Waals surface area contributed by atoms with E-state index in [-0.39, 0.29) is 5.41 Å². The molecule has 0 radical (unpaired) electrons.